The highest BCUT2D eigenvalue weighted by molar-refractivity contribution is 7.09. The molecule has 0 radical (unpaired) electrons. The van der Waals surface area contributed by atoms with Crippen LogP contribution in [0.15, 0.2) is 29.6 Å². The van der Waals surface area contributed by atoms with E-state index >= 15 is 0 Å². The molecule has 0 unspecified atom stereocenters. The van der Waals surface area contributed by atoms with Gasteiger partial charge in [0.15, 0.2) is 18.3 Å². The molecule has 0 spiro atoms. The third-order valence-corrected chi connectivity index (χ3v) is 5.52. The Morgan fingerprint density at radius 3 is 2.68 bits per heavy atom. The molecule has 1 aliphatic heterocycles. The fourth-order valence-corrected chi connectivity index (χ4v) is 3.81. The maximum absolute atomic E-state index is 12.3. The summed E-state index contributed by atoms with van der Waals surface area (Å²) in [5.74, 6) is -2.98. The summed E-state index contributed by atoms with van der Waals surface area (Å²) >= 11 is 1.22. The van der Waals surface area contributed by atoms with E-state index in [1.807, 2.05) is 37.3 Å². The first-order valence-corrected chi connectivity index (χ1v) is 9.65. The lowest BCUT2D eigenvalue weighted by molar-refractivity contribution is -0.151. The van der Waals surface area contributed by atoms with E-state index in [0.717, 1.165) is 16.9 Å². The van der Waals surface area contributed by atoms with Crippen LogP contribution >= 0.6 is 11.3 Å². The number of hydrogen-bond acceptors (Lipinski definition) is 7. The van der Waals surface area contributed by atoms with Crippen LogP contribution in [0.1, 0.15) is 28.6 Å². The number of Topliss-reactive ketones (excluding diaryl/α,β-unsaturated/α-hetero) is 1. The molecule has 2 aromatic rings. The molecule has 144 valence electrons. The number of amides is 1. The zero-order chi connectivity index (χ0) is 20.3. The number of carbonyl (C=O) groups is 3. The van der Waals surface area contributed by atoms with Crippen molar-refractivity contribution in [3.63, 3.8) is 0 Å². The minimum atomic E-state index is -1.05. The Bertz CT molecular complexity index is 945. The van der Waals surface area contributed by atoms with Gasteiger partial charge in [0.1, 0.15) is 5.01 Å². The van der Waals surface area contributed by atoms with Gasteiger partial charge >= 0.3 is 5.97 Å². The van der Waals surface area contributed by atoms with Crippen molar-refractivity contribution in [1.82, 2.24) is 4.98 Å². The van der Waals surface area contributed by atoms with E-state index < -0.39 is 30.2 Å². The lowest BCUT2D eigenvalue weighted by atomic mass is 10.1. The smallest absolute Gasteiger partial charge is 0.311 e. The Morgan fingerprint density at radius 2 is 2.07 bits per heavy atom. The first-order valence-electron chi connectivity index (χ1n) is 8.77. The summed E-state index contributed by atoms with van der Waals surface area (Å²) in [6.45, 7) is 3.43. The van der Waals surface area contributed by atoms with Crippen LogP contribution in [0, 0.1) is 31.1 Å². The summed E-state index contributed by atoms with van der Waals surface area (Å²) in [5.41, 5.74) is 2.53. The van der Waals surface area contributed by atoms with Gasteiger partial charge in [0, 0.05) is 29.7 Å². The van der Waals surface area contributed by atoms with Crippen molar-refractivity contribution in [2.24, 2.45) is 5.92 Å². The fourth-order valence-electron chi connectivity index (χ4n) is 2.95. The molecule has 1 aromatic heterocycles. The van der Waals surface area contributed by atoms with Gasteiger partial charge < -0.3 is 9.64 Å². The molecule has 28 heavy (non-hydrogen) atoms. The van der Waals surface area contributed by atoms with Crippen molar-refractivity contribution in [2.45, 2.75) is 26.2 Å². The van der Waals surface area contributed by atoms with Gasteiger partial charge in [0.2, 0.25) is 5.91 Å². The molecule has 1 fully saturated rings. The highest BCUT2D eigenvalue weighted by Crippen LogP contribution is 2.26. The zero-order valence-electron chi connectivity index (χ0n) is 15.5. The number of carbonyl (C=O) groups excluding carboxylic acids is 3. The molecule has 0 saturated carbocycles. The Kier molecular flexibility index (Phi) is 5.85. The predicted octanol–water partition coefficient (Wildman–Crippen LogP) is 2.53. The number of rotatable bonds is 6. The number of nitrogens with zero attached hydrogens (tertiary/aromatic N) is 3. The number of aryl methyl sites for hydroxylation is 2. The van der Waals surface area contributed by atoms with Gasteiger partial charge in [-0.3, -0.25) is 14.4 Å². The SMILES string of the molecule is Cc1ccc(N2C[C@H](C(=O)OCC(=O)[C@H](C#N)c3nc(C)cs3)CC2=O)cc1. The summed E-state index contributed by atoms with van der Waals surface area (Å²) in [4.78, 5) is 42.6. The molecule has 1 amide bonds. The fraction of sp³-hybridized carbons (Fsp3) is 0.350. The Balaban J connectivity index is 1.58. The molecule has 3 rings (SSSR count). The number of nitriles is 1. The van der Waals surface area contributed by atoms with Gasteiger partial charge in [-0.1, -0.05) is 17.7 Å². The number of benzene rings is 1. The van der Waals surface area contributed by atoms with Gasteiger partial charge in [-0.05, 0) is 26.0 Å². The van der Waals surface area contributed by atoms with Crippen LogP contribution in [-0.2, 0) is 19.1 Å². The van der Waals surface area contributed by atoms with Crippen molar-refractivity contribution >= 4 is 34.7 Å². The highest BCUT2D eigenvalue weighted by atomic mass is 32.1. The lowest BCUT2D eigenvalue weighted by Gasteiger charge is -2.16. The molecule has 0 bridgehead atoms. The van der Waals surface area contributed by atoms with E-state index in [1.165, 1.54) is 11.3 Å². The predicted molar refractivity (Wildman–Crippen MR) is 103 cm³/mol. The molecule has 1 aliphatic rings. The molecule has 0 N–H and O–H groups in total. The van der Waals surface area contributed by atoms with Gasteiger partial charge in [0.05, 0.1) is 12.0 Å². The van der Waals surface area contributed by atoms with Crippen molar-refractivity contribution in [3.8, 4) is 6.07 Å². The van der Waals surface area contributed by atoms with Crippen molar-refractivity contribution in [3.05, 3.63) is 45.9 Å². The third kappa shape index (κ3) is 4.26. The molecule has 8 heteroatoms. The number of anilines is 1. The quantitative estimate of drug-likeness (QED) is 0.695. The van der Waals surface area contributed by atoms with Crippen molar-refractivity contribution < 1.29 is 19.1 Å². The van der Waals surface area contributed by atoms with Gasteiger partial charge in [-0.2, -0.15) is 5.26 Å². The number of aromatic nitrogens is 1. The molecule has 0 aliphatic carbocycles. The third-order valence-electron chi connectivity index (χ3n) is 4.50. The topological polar surface area (TPSA) is 100 Å². The van der Waals surface area contributed by atoms with Crippen LogP contribution in [0.5, 0.6) is 0 Å². The molecular formula is C20H19N3O4S. The molecule has 1 aromatic carbocycles. The van der Waals surface area contributed by atoms with Gasteiger partial charge in [-0.15, -0.1) is 11.3 Å². The summed E-state index contributed by atoms with van der Waals surface area (Å²) in [6.07, 6.45) is 0.0360. The van der Waals surface area contributed by atoms with Gasteiger partial charge in [0.25, 0.3) is 0 Å². The minimum absolute atomic E-state index is 0.0360. The van der Waals surface area contributed by atoms with E-state index in [9.17, 15) is 19.6 Å². The summed E-state index contributed by atoms with van der Waals surface area (Å²) in [6, 6.07) is 9.37. The number of hydrogen-bond donors (Lipinski definition) is 0. The normalized spacial score (nSPS) is 17.2. The van der Waals surface area contributed by atoms with E-state index in [-0.39, 0.29) is 18.9 Å². The highest BCUT2D eigenvalue weighted by Gasteiger charge is 2.36. The van der Waals surface area contributed by atoms with Crippen LogP contribution in [0.25, 0.3) is 0 Å². The first kappa shape index (κ1) is 19.7. The second kappa shape index (κ2) is 8.31. The molecule has 2 atom stereocenters. The van der Waals surface area contributed by atoms with Crippen molar-refractivity contribution in [2.75, 3.05) is 18.1 Å². The van der Waals surface area contributed by atoms with E-state index in [1.54, 1.807) is 17.2 Å². The van der Waals surface area contributed by atoms with Crippen LogP contribution in [0.3, 0.4) is 0 Å². The van der Waals surface area contributed by atoms with Crippen LogP contribution in [0.4, 0.5) is 5.69 Å². The van der Waals surface area contributed by atoms with E-state index in [2.05, 4.69) is 4.98 Å². The molecule has 7 nitrogen and oxygen atoms in total. The number of thiazole rings is 1. The maximum atomic E-state index is 12.3. The number of ketones is 1. The zero-order valence-corrected chi connectivity index (χ0v) is 16.4. The second-order valence-corrected chi connectivity index (χ2v) is 7.59. The second-order valence-electron chi connectivity index (χ2n) is 6.70. The van der Waals surface area contributed by atoms with Crippen LogP contribution in [-0.4, -0.2) is 35.8 Å². The summed E-state index contributed by atoms with van der Waals surface area (Å²) in [7, 11) is 0. The number of esters is 1. The minimum Gasteiger partial charge on any atom is -0.457 e. The summed E-state index contributed by atoms with van der Waals surface area (Å²) < 4.78 is 5.11. The lowest BCUT2D eigenvalue weighted by Crippen LogP contribution is -2.27. The van der Waals surface area contributed by atoms with E-state index in [0.29, 0.717) is 5.01 Å². The van der Waals surface area contributed by atoms with Crippen molar-refractivity contribution in [1.29, 1.82) is 5.26 Å². The summed E-state index contributed by atoms with van der Waals surface area (Å²) in [5, 5.41) is 11.4. The maximum Gasteiger partial charge on any atom is 0.311 e. The Labute approximate surface area is 166 Å². The Hall–Kier alpha value is -3.05. The largest absolute Gasteiger partial charge is 0.457 e. The molecule has 1 saturated heterocycles. The van der Waals surface area contributed by atoms with Crippen LogP contribution in [0.2, 0.25) is 0 Å². The van der Waals surface area contributed by atoms with Crippen LogP contribution < -0.4 is 4.90 Å². The molecule has 2 heterocycles. The number of ether oxygens (including phenoxy) is 1. The van der Waals surface area contributed by atoms with Gasteiger partial charge in [-0.25, -0.2) is 4.98 Å². The average Bonchev–Trinajstić information content (AvgIpc) is 3.27. The monoisotopic (exact) mass is 397 g/mol. The Morgan fingerprint density at radius 1 is 1.36 bits per heavy atom. The standard InChI is InChI=1S/C20H19N3O4S/c1-12-3-5-15(6-4-12)23-9-14(7-18(23)25)20(26)27-10-17(24)16(8-21)19-22-13(2)11-28-19/h3-6,11,14,16H,7,9-10H2,1-2H3/t14-,16+/m1/s1. The molecular weight excluding hydrogens is 378 g/mol. The first-order chi connectivity index (χ1) is 13.4. The average molecular weight is 397 g/mol. The van der Waals surface area contributed by atoms with E-state index in [4.69, 9.17) is 4.74 Å².